The molecule has 3 aromatic heterocycles. The molecule has 0 aliphatic rings. The standard InChI is InChI=1S/C23H15N3O2S/c1-2-5-18(6-3-1)23-24-20(15-29-23)16-8-10-17(11-9-16)22-25-21(28-26-22)13-12-19-7-4-14-27-19/h1-15H/b13-12+. The summed E-state index contributed by atoms with van der Waals surface area (Å²) >= 11 is 1.64. The number of nitrogens with zero attached hydrogens (tertiary/aromatic N) is 3. The van der Waals surface area contributed by atoms with E-state index < -0.39 is 0 Å². The topological polar surface area (TPSA) is 65.0 Å². The summed E-state index contributed by atoms with van der Waals surface area (Å²) in [5.41, 5.74) is 4.01. The van der Waals surface area contributed by atoms with Crippen LogP contribution in [0.3, 0.4) is 0 Å². The maximum Gasteiger partial charge on any atom is 0.251 e. The molecule has 0 spiro atoms. The molecule has 0 saturated heterocycles. The lowest BCUT2D eigenvalue weighted by molar-refractivity contribution is 0.411. The summed E-state index contributed by atoms with van der Waals surface area (Å²) in [5, 5.41) is 7.13. The van der Waals surface area contributed by atoms with Gasteiger partial charge in [-0.1, -0.05) is 59.8 Å². The summed E-state index contributed by atoms with van der Waals surface area (Å²) in [6, 6.07) is 21.9. The molecule has 0 aliphatic heterocycles. The zero-order chi connectivity index (χ0) is 19.5. The minimum Gasteiger partial charge on any atom is -0.465 e. The second kappa shape index (κ2) is 7.69. The molecular weight excluding hydrogens is 382 g/mol. The number of hydrogen-bond acceptors (Lipinski definition) is 6. The van der Waals surface area contributed by atoms with Gasteiger partial charge in [0, 0.05) is 28.1 Å². The van der Waals surface area contributed by atoms with Gasteiger partial charge in [-0.15, -0.1) is 11.3 Å². The van der Waals surface area contributed by atoms with E-state index in [0.717, 1.165) is 33.2 Å². The Bertz CT molecular complexity index is 1240. The SMILES string of the molecule is C(=C\c1nc(-c2ccc(-c3csc(-c4ccccc4)n3)cc2)no1)/c1ccco1. The van der Waals surface area contributed by atoms with Crippen molar-refractivity contribution in [1.29, 1.82) is 0 Å². The Morgan fingerprint density at radius 3 is 2.38 bits per heavy atom. The summed E-state index contributed by atoms with van der Waals surface area (Å²) in [5.74, 6) is 1.69. The Balaban J connectivity index is 1.34. The van der Waals surface area contributed by atoms with Gasteiger partial charge < -0.3 is 8.94 Å². The molecule has 0 aliphatic carbocycles. The van der Waals surface area contributed by atoms with Crippen LogP contribution in [-0.4, -0.2) is 15.1 Å². The van der Waals surface area contributed by atoms with Gasteiger partial charge in [0.1, 0.15) is 10.8 Å². The first-order valence-electron chi connectivity index (χ1n) is 9.02. The fraction of sp³-hybridized carbons (Fsp3) is 0. The van der Waals surface area contributed by atoms with Gasteiger partial charge in [0.05, 0.1) is 12.0 Å². The first-order valence-corrected chi connectivity index (χ1v) is 9.90. The zero-order valence-corrected chi connectivity index (χ0v) is 16.0. The molecule has 0 atom stereocenters. The average molecular weight is 397 g/mol. The third kappa shape index (κ3) is 3.79. The van der Waals surface area contributed by atoms with Gasteiger partial charge in [-0.3, -0.25) is 0 Å². The van der Waals surface area contributed by atoms with Gasteiger partial charge in [0.25, 0.3) is 5.89 Å². The number of benzene rings is 2. The highest BCUT2D eigenvalue weighted by Gasteiger charge is 2.09. The van der Waals surface area contributed by atoms with Crippen molar-refractivity contribution in [2.75, 3.05) is 0 Å². The van der Waals surface area contributed by atoms with Crippen molar-refractivity contribution in [3.05, 3.63) is 90.0 Å². The normalized spacial score (nSPS) is 11.3. The van der Waals surface area contributed by atoms with Crippen molar-refractivity contribution in [3.8, 4) is 33.2 Å². The molecule has 3 heterocycles. The molecule has 0 amide bonds. The fourth-order valence-electron chi connectivity index (χ4n) is 2.87. The molecule has 0 N–H and O–H groups in total. The molecule has 0 bridgehead atoms. The lowest BCUT2D eigenvalue weighted by atomic mass is 10.1. The van der Waals surface area contributed by atoms with E-state index in [2.05, 4.69) is 27.7 Å². The van der Waals surface area contributed by atoms with Crippen LogP contribution in [0.1, 0.15) is 11.7 Å². The zero-order valence-electron chi connectivity index (χ0n) is 15.2. The number of furan rings is 1. The minimum absolute atomic E-state index is 0.424. The van der Waals surface area contributed by atoms with E-state index in [1.165, 1.54) is 0 Å². The van der Waals surface area contributed by atoms with E-state index in [4.69, 9.17) is 13.9 Å². The number of hydrogen-bond donors (Lipinski definition) is 0. The number of rotatable bonds is 5. The van der Waals surface area contributed by atoms with Crippen molar-refractivity contribution < 1.29 is 8.94 Å². The highest BCUT2D eigenvalue weighted by atomic mass is 32.1. The molecule has 5 aromatic rings. The van der Waals surface area contributed by atoms with Crippen molar-refractivity contribution in [1.82, 2.24) is 15.1 Å². The molecule has 29 heavy (non-hydrogen) atoms. The Morgan fingerprint density at radius 2 is 1.59 bits per heavy atom. The van der Waals surface area contributed by atoms with E-state index >= 15 is 0 Å². The summed E-state index contributed by atoms with van der Waals surface area (Å²) in [6.45, 7) is 0. The molecule has 6 heteroatoms. The predicted molar refractivity (Wildman–Crippen MR) is 114 cm³/mol. The van der Waals surface area contributed by atoms with Gasteiger partial charge in [-0.25, -0.2) is 4.98 Å². The average Bonchev–Trinajstić information content (AvgIpc) is 3.55. The third-order valence-electron chi connectivity index (χ3n) is 4.34. The van der Waals surface area contributed by atoms with Crippen LogP contribution in [0.2, 0.25) is 0 Å². The number of aromatic nitrogens is 3. The number of thiazole rings is 1. The molecule has 0 fully saturated rings. The molecule has 5 nitrogen and oxygen atoms in total. The van der Waals surface area contributed by atoms with Crippen LogP contribution in [0.4, 0.5) is 0 Å². The van der Waals surface area contributed by atoms with Gasteiger partial charge in [-0.2, -0.15) is 4.98 Å². The Morgan fingerprint density at radius 1 is 0.759 bits per heavy atom. The summed E-state index contributed by atoms with van der Waals surface area (Å²) < 4.78 is 10.5. The highest BCUT2D eigenvalue weighted by Crippen LogP contribution is 2.29. The second-order valence-corrected chi connectivity index (χ2v) is 7.14. The van der Waals surface area contributed by atoms with Crippen LogP contribution in [-0.2, 0) is 0 Å². The van der Waals surface area contributed by atoms with Crippen LogP contribution in [0, 0.1) is 0 Å². The van der Waals surface area contributed by atoms with E-state index in [1.54, 1.807) is 29.8 Å². The third-order valence-corrected chi connectivity index (χ3v) is 5.23. The van der Waals surface area contributed by atoms with Crippen LogP contribution >= 0.6 is 11.3 Å². The molecule has 0 unspecified atom stereocenters. The Labute approximate surface area is 171 Å². The van der Waals surface area contributed by atoms with E-state index in [0.29, 0.717) is 11.7 Å². The van der Waals surface area contributed by atoms with Crippen LogP contribution in [0.5, 0.6) is 0 Å². The lowest BCUT2D eigenvalue weighted by Gasteiger charge is -1.99. The van der Waals surface area contributed by atoms with Crippen molar-refractivity contribution in [2.24, 2.45) is 0 Å². The monoisotopic (exact) mass is 397 g/mol. The van der Waals surface area contributed by atoms with Crippen molar-refractivity contribution >= 4 is 23.5 Å². The Kier molecular flexibility index (Phi) is 4.60. The largest absolute Gasteiger partial charge is 0.465 e. The van der Waals surface area contributed by atoms with E-state index in [-0.39, 0.29) is 0 Å². The summed E-state index contributed by atoms with van der Waals surface area (Å²) in [7, 11) is 0. The molecule has 0 radical (unpaired) electrons. The smallest absolute Gasteiger partial charge is 0.251 e. The Hall–Kier alpha value is -3.77. The second-order valence-electron chi connectivity index (χ2n) is 6.29. The first kappa shape index (κ1) is 17.3. The molecule has 0 saturated carbocycles. The highest BCUT2D eigenvalue weighted by molar-refractivity contribution is 7.13. The quantitative estimate of drug-likeness (QED) is 0.349. The van der Waals surface area contributed by atoms with Crippen LogP contribution in [0.25, 0.3) is 45.4 Å². The van der Waals surface area contributed by atoms with E-state index in [9.17, 15) is 0 Å². The van der Waals surface area contributed by atoms with Crippen molar-refractivity contribution in [3.63, 3.8) is 0 Å². The maximum absolute atomic E-state index is 5.28. The molecule has 2 aromatic carbocycles. The summed E-state index contributed by atoms with van der Waals surface area (Å²) in [4.78, 5) is 9.16. The molecule has 140 valence electrons. The van der Waals surface area contributed by atoms with Crippen molar-refractivity contribution in [2.45, 2.75) is 0 Å². The van der Waals surface area contributed by atoms with Crippen LogP contribution < -0.4 is 0 Å². The van der Waals surface area contributed by atoms with E-state index in [1.807, 2.05) is 54.6 Å². The molecule has 5 rings (SSSR count). The van der Waals surface area contributed by atoms with Gasteiger partial charge >= 0.3 is 0 Å². The fourth-order valence-corrected chi connectivity index (χ4v) is 3.70. The van der Waals surface area contributed by atoms with Gasteiger partial charge in [0.2, 0.25) is 5.82 Å². The maximum atomic E-state index is 5.28. The van der Waals surface area contributed by atoms with Gasteiger partial charge in [-0.05, 0) is 18.2 Å². The predicted octanol–water partition coefficient (Wildman–Crippen LogP) is 6.29. The van der Waals surface area contributed by atoms with Gasteiger partial charge in [0.15, 0.2) is 0 Å². The van der Waals surface area contributed by atoms with Crippen LogP contribution in [0.15, 0.2) is 87.3 Å². The molecular formula is C23H15N3O2S. The summed E-state index contributed by atoms with van der Waals surface area (Å²) in [6.07, 6.45) is 5.13. The lowest BCUT2D eigenvalue weighted by Crippen LogP contribution is -1.83. The first-order chi connectivity index (χ1) is 14.3. The minimum atomic E-state index is 0.424.